The molecule has 0 bridgehead atoms. The summed E-state index contributed by atoms with van der Waals surface area (Å²) in [6.07, 6.45) is 6.51. The monoisotopic (exact) mass is 320 g/mol. The number of methoxy groups -OCH3 is 1. The van der Waals surface area contributed by atoms with Gasteiger partial charge in [-0.25, -0.2) is 9.97 Å². The molecule has 0 aliphatic carbocycles. The molecule has 2 atom stereocenters. The minimum Gasteiger partial charge on any atom is -0.379 e. The summed E-state index contributed by atoms with van der Waals surface area (Å²) in [5.41, 5.74) is 6.24. The maximum Gasteiger partial charge on any atom is 0.291 e. The molecule has 126 valence electrons. The standard InChI is InChI=1S/C16H24N4O3/c1-3-11-9-18-15(19-10-11)16(22)20-8-4-5-13(23-2)12(20)6-7-14(17)21/h9-10,12-13H,3-8H2,1-2H3,(H2,17,21)/t12-,13-/m0/s1. The third kappa shape index (κ3) is 4.25. The van der Waals surface area contributed by atoms with Gasteiger partial charge >= 0.3 is 0 Å². The highest BCUT2D eigenvalue weighted by Gasteiger charge is 2.35. The number of hydrogen-bond donors (Lipinski definition) is 1. The number of hydrogen-bond acceptors (Lipinski definition) is 5. The zero-order chi connectivity index (χ0) is 16.8. The lowest BCUT2D eigenvalue weighted by molar-refractivity contribution is -0.118. The van der Waals surface area contributed by atoms with E-state index < -0.39 is 0 Å². The normalized spacial score (nSPS) is 21.2. The van der Waals surface area contributed by atoms with Crippen LogP contribution in [0.4, 0.5) is 0 Å². The Kier molecular flexibility index (Phi) is 6.04. The number of nitrogens with two attached hydrogens (primary N) is 1. The van der Waals surface area contributed by atoms with Crippen LogP contribution >= 0.6 is 0 Å². The van der Waals surface area contributed by atoms with Crippen molar-refractivity contribution in [3.63, 3.8) is 0 Å². The van der Waals surface area contributed by atoms with E-state index in [1.54, 1.807) is 24.4 Å². The second-order valence-corrected chi connectivity index (χ2v) is 5.76. The van der Waals surface area contributed by atoms with Crippen LogP contribution in [0.3, 0.4) is 0 Å². The van der Waals surface area contributed by atoms with Crippen LogP contribution in [0.2, 0.25) is 0 Å². The topological polar surface area (TPSA) is 98.4 Å². The molecule has 0 radical (unpaired) electrons. The molecule has 1 aromatic rings. The van der Waals surface area contributed by atoms with Gasteiger partial charge in [-0.2, -0.15) is 0 Å². The van der Waals surface area contributed by atoms with Gasteiger partial charge in [0.15, 0.2) is 0 Å². The van der Waals surface area contributed by atoms with Crippen molar-refractivity contribution in [2.45, 2.75) is 51.2 Å². The van der Waals surface area contributed by atoms with E-state index in [2.05, 4.69) is 9.97 Å². The van der Waals surface area contributed by atoms with Crippen molar-refractivity contribution in [1.29, 1.82) is 0 Å². The Morgan fingerprint density at radius 2 is 2.09 bits per heavy atom. The lowest BCUT2D eigenvalue weighted by atomic mass is 9.94. The van der Waals surface area contributed by atoms with Gasteiger partial charge < -0.3 is 15.4 Å². The van der Waals surface area contributed by atoms with Gasteiger partial charge in [-0.15, -0.1) is 0 Å². The van der Waals surface area contributed by atoms with Gasteiger partial charge in [0.2, 0.25) is 11.7 Å². The van der Waals surface area contributed by atoms with Gasteiger partial charge in [0.25, 0.3) is 5.91 Å². The second kappa shape index (κ2) is 8.01. The number of carbonyl (C=O) groups is 2. The van der Waals surface area contributed by atoms with Crippen LogP contribution in [0.1, 0.15) is 48.8 Å². The van der Waals surface area contributed by atoms with Crippen molar-refractivity contribution in [1.82, 2.24) is 14.9 Å². The largest absolute Gasteiger partial charge is 0.379 e. The summed E-state index contributed by atoms with van der Waals surface area (Å²) >= 11 is 0. The first-order valence-electron chi connectivity index (χ1n) is 7.99. The Bertz CT molecular complexity index is 547. The molecule has 7 nitrogen and oxygen atoms in total. The van der Waals surface area contributed by atoms with Crippen molar-refractivity contribution in [3.05, 3.63) is 23.8 Å². The fourth-order valence-corrected chi connectivity index (χ4v) is 2.96. The Morgan fingerprint density at radius 3 is 2.65 bits per heavy atom. The molecule has 0 unspecified atom stereocenters. The van der Waals surface area contributed by atoms with Crippen molar-refractivity contribution < 1.29 is 14.3 Å². The molecular formula is C16H24N4O3. The van der Waals surface area contributed by atoms with E-state index in [-0.39, 0.29) is 36.2 Å². The van der Waals surface area contributed by atoms with E-state index in [1.165, 1.54) is 0 Å². The Balaban J connectivity index is 2.17. The van der Waals surface area contributed by atoms with Gasteiger partial charge in [-0.1, -0.05) is 6.92 Å². The predicted octanol–water partition coefficient (Wildman–Crippen LogP) is 0.924. The van der Waals surface area contributed by atoms with Crippen molar-refractivity contribution in [3.8, 4) is 0 Å². The molecule has 2 N–H and O–H groups in total. The number of aromatic nitrogens is 2. The highest BCUT2D eigenvalue weighted by Crippen LogP contribution is 2.25. The van der Waals surface area contributed by atoms with Crippen LogP contribution in [0.5, 0.6) is 0 Å². The minimum atomic E-state index is -0.374. The first-order chi connectivity index (χ1) is 11.1. The molecule has 23 heavy (non-hydrogen) atoms. The third-order valence-electron chi connectivity index (χ3n) is 4.27. The number of aryl methyl sites for hydroxylation is 1. The highest BCUT2D eigenvalue weighted by atomic mass is 16.5. The van der Waals surface area contributed by atoms with Crippen LogP contribution < -0.4 is 5.73 Å². The molecule has 1 saturated heterocycles. The maximum absolute atomic E-state index is 12.7. The van der Waals surface area contributed by atoms with E-state index >= 15 is 0 Å². The van der Waals surface area contributed by atoms with E-state index in [0.29, 0.717) is 13.0 Å². The molecule has 2 amide bonds. The van der Waals surface area contributed by atoms with E-state index in [0.717, 1.165) is 24.8 Å². The summed E-state index contributed by atoms with van der Waals surface area (Å²) in [6, 6.07) is -0.178. The Labute approximate surface area is 136 Å². The molecule has 1 aliphatic rings. The van der Waals surface area contributed by atoms with Crippen LogP contribution in [0.15, 0.2) is 12.4 Å². The summed E-state index contributed by atoms with van der Waals surface area (Å²) in [5, 5.41) is 0. The molecule has 1 fully saturated rings. The zero-order valence-corrected chi connectivity index (χ0v) is 13.7. The highest BCUT2D eigenvalue weighted by molar-refractivity contribution is 5.90. The number of rotatable bonds is 6. The number of nitrogens with zero attached hydrogens (tertiary/aromatic N) is 3. The van der Waals surface area contributed by atoms with E-state index in [9.17, 15) is 9.59 Å². The van der Waals surface area contributed by atoms with Crippen LogP contribution in [0.25, 0.3) is 0 Å². The lowest BCUT2D eigenvalue weighted by Crippen LogP contribution is -2.52. The second-order valence-electron chi connectivity index (χ2n) is 5.76. The number of piperidine rings is 1. The SMILES string of the molecule is CCc1cnc(C(=O)N2CCC[C@H](OC)[C@@H]2CCC(N)=O)nc1. The minimum absolute atomic E-state index is 0.0954. The Hall–Kier alpha value is -2.02. The molecule has 0 aromatic carbocycles. The lowest BCUT2D eigenvalue weighted by Gasteiger charge is -2.40. The number of amides is 2. The van der Waals surface area contributed by atoms with E-state index in [4.69, 9.17) is 10.5 Å². The number of carbonyl (C=O) groups excluding carboxylic acids is 2. The first kappa shape index (κ1) is 17.3. The zero-order valence-electron chi connectivity index (χ0n) is 13.7. The predicted molar refractivity (Wildman–Crippen MR) is 84.7 cm³/mol. The van der Waals surface area contributed by atoms with Gasteiger partial charge in [0.05, 0.1) is 12.1 Å². The summed E-state index contributed by atoms with van der Waals surface area (Å²) in [7, 11) is 1.63. The average Bonchev–Trinajstić information content (AvgIpc) is 2.58. The smallest absolute Gasteiger partial charge is 0.291 e. The molecule has 0 spiro atoms. The quantitative estimate of drug-likeness (QED) is 0.840. The summed E-state index contributed by atoms with van der Waals surface area (Å²) in [5.74, 6) is -0.409. The summed E-state index contributed by atoms with van der Waals surface area (Å²) in [4.78, 5) is 33.9. The Morgan fingerprint density at radius 1 is 1.39 bits per heavy atom. The van der Waals surface area contributed by atoms with Crippen molar-refractivity contribution in [2.24, 2.45) is 5.73 Å². The van der Waals surface area contributed by atoms with Crippen LogP contribution in [0, 0.1) is 0 Å². The number of ether oxygens (including phenoxy) is 1. The van der Waals surface area contributed by atoms with Crippen LogP contribution in [-0.4, -0.2) is 52.5 Å². The molecule has 0 saturated carbocycles. The number of likely N-dealkylation sites (tertiary alicyclic amines) is 1. The summed E-state index contributed by atoms with van der Waals surface area (Å²) in [6.45, 7) is 2.62. The maximum atomic E-state index is 12.7. The third-order valence-corrected chi connectivity index (χ3v) is 4.27. The van der Waals surface area contributed by atoms with Crippen molar-refractivity contribution in [2.75, 3.05) is 13.7 Å². The van der Waals surface area contributed by atoms with Gasteiger partial charge in [-0.05, 0) is 31.2 Å². The first-order valence-corrected chi connectivity index (χ1v) is 7.99. The molecule has 2 heterocycles. The van der Waals surface area contributed by atoms with E-state index in [1.807, 2.05) is 6.92 Å². The molecule has 2 rings (SSSR count). The fourth-order valence-electron chi connectivity index (χ4n) is 2.96. The number of primary amides is 1. The summed E-state index contributed by atoms with van der Waals surface area (Å²) < 4.78 is 5.50. The van der Waals surface area contributed by atoms with Crippen molar-refractivity contribution >= 4 is 11.8 Å². The van der Waals surface area contributed by atoms with Gasteiger partial charge in [0, 0.05) is 32.5 Å². The molecule has 1 aromatic heterocycles. The van der Waals surface area contributed by atoms with Gasteiger partial charge in [0.1, 0.15) is 0 Å². The molecular weight excluding hydrogens is 296 g/mol. The van der Waals surface area contributed by atoms with Crippen LogP contribution in [-0.2, 0) is 16.0 Å². The fraction of sp³-hybridized carbons (Fsp3) is 0.625. The molecule has 7 heteroatoms. The van der Waals surface area contributed by atoms with Gasteiger partial charge in [-0.3, -0.25) is 9.59 Å². The molecule has 1 aliphatic heterocycles. The average molecular weight is 320 g/mol.